The third kappa shape index (κ3) is 3.52. The van der Waals surface area contributed by atoms with E-state index in [2.05, 4.69) is 24.1 Å². The van der Waals surface area contributed by atoms with Gasteiger partial charge in [-0.2, -0.15) is 0 Å². The van der Waals surface area contributed by atoms with Gasteiger partial charge in [0.15, 0.2) is 5.13 Å². The summed E-state index contributed by atoms with van der Waals surface area (Å²) in [5.74, 6) is 1.65. The number of hydrogen-bond acceptors (Lipinski definition) is 4. The lowest BCUT2D eigenvalue weighted by Crippen LogP contribution is -2.12. The average Bonchev–Trinajstić information content (AvgIpc) is 2.89. The Morgan fingerprint density at radius 2 is 2.36 bits per heavy atom. The summed E-state index contributed by atoms with van der Waals surface area (Å²) in [6.45, 7) is 4.39. The number of anilines is 1. The fraction of sp³-hybridized carbons (Fsp3) is 0.412. The number of benzene rings is 1. The number of carbonyl (C=O) groups is 1. The van der Waals surface area contributed by atoms with Gasteiger partial charge in [-0.15, -0.1) is 23.1 Å². The molecule has 1 atom stereocenters. The van der Waals surface area contributed by atoms with Crippen LogP contribution in [0.25, 0.3) is 0 Å². The first-order chi connectivity index (χ1) is 10.7. The topological polar surface area (TPSA) is 42.0 Å². The van der Waals surface area contributed by atoms with Gasteiger partial charge in [-0.1, -0.05) is 19.9 Å². The zero-order valence-electron chi connectivity index (χ0n) is 12.9. The number of nitrogens with zero attached hydrogens (tertiary/aromatic N) is 1. The molecule has 2 aromatic rings. The van der Waals surface area contributed by atoms with E-state index in [0.717, 1.165) is 34.5 Å². The molecule has 0 aliphatic heterocycles. The number of fused-ring (bicyclic) bond motifs is 1. The Balaban J connectivity index is 1.73. The van der Waals surface area contributed by atoms with Crippen molar-refractivity contribution in [2.24, 2.45) is 5.92 Å². The largest absolute Gasteiger partial charge is 0.298 e. The highest BCUT2D eigenvalue weighted by Gasteiger charge is 2.20. The maximum absolute atomic E-state index is 12.4. The van der Waals surface area contributed by atoms with E-state index in [1.165, 1.54) is 17.0 Å². The molecule has 3 nitrogen and oxygen atoms in total. The second-order valence-corrected chi connectivity index (χ2v) is 8.07. The van der Waals surface area contributed by atoms with Gasteiger partial charge in [0, 0.05) is 15.3 Å². The Labute approximate surface area is 139 Å². The third-order valence-electron chi connectivity index (χ3n) is 3.81. The Morgan fingerprint density at radius 1 is 1.50 bits per heavy atom. The number of nitrogens with one attached hydrogen (secondary N) is 1. The van der Waals surface area contributed by atoms with E-state index < -0.39 is 0 Å². The van der Waals surface area contributed by atoms with E-state index in [1.807, 2.05) is 24.3 Å². The van der Waals surface area contributed by atoms with E-state index in [9.17, 15) is 4.79 Å². The first-order valence-electron chi connectivity index (χ1n) is 7.68. The molecule has 22 heavy (non-hydrogen) atoms. The molecule has 0 saturated carbocycles. The molecule has 5 heteroatoms. The van der Waals surface area contributed by atoms with Crippen LogP contribution in [0.3, 0.4) is 0 Å². The minimum atomic E-state index is -0.0716. The van der Waals surface area contributed by atoms with Crippen LogP contribution in [-0.2, 0) is 12.8 Å². The van der Waals surface area contributed by atoms with Gasteiger partial charge in [-0.3, -0.25) is 10.1 Å². The summed E-state index contributed by atoms with van der Waals surface area (Å²) in [5, 5.41) is 3.69. The van der Waals surface area contributed by atoms with Crippen molar-refractivity contribution in [3.63, 3.8) is 0 Å². The number of carbonyl (C=O) groups excluding carboxylic acids is 1. The van der Waals surface area contributed by atoms with E-state index in [0.29, 0.717) is 5.56 Å². The lowest BCUT2D eigenvalue weighted by atomic mass is 9.93. The number of thioether (sulfide) groups is 1. The van der Waals surface area contributed by atoms with Crippen LogP contribution < -0.4 is 5.32 Å². The molecule has 1 N–H and O–H groups in total. The first kappa shape index (κ1) is 15.6. The molecule has 1 aromatic carbocycles. The van der Waals surface area contributed by atoms with Crippen molar-refractivity contribution >= 4 is 34.1 Å². The van der Waals surface area contributed by atoms with Gasteiger partial charge in [0.05, 0.1) is 5.69 Å². The maximum atomic E-state index is 12.4. The smallest absolute Gasteiger partial charge is 0.257 e. The molecule has 1 aromatic heterocycles. The fourth-order valence-electron chi connectivity index (χ4n) is 2.66. The van der Waals surface area contributed by atoms with Crippen LogP contribution in [0, 0.1) is 5.92 Å². The van der Waals surface area contributed by atoms with Crippen LogP contribution >= 0.6 is 23.1 Å². The SMILES string of the molecule is CCSc1cccc(C(=O)Nc2nc3c(s2)C[C@@H](C)CC3)c1. The number of amides is 1. The third-order valence-corrected chi connectivity index (χ3v) is 5.73. The zero-order valence-corrected chi connectivity index (χ0v) is 14.5. The molecule has 0 fully saturated rings. The molecule has 0 saturated heterocycles. The van der Waals surface area contributed by atoms with Crippen LogP contribution in [0.2, 0.25) is 0 Å². The minimum absolute atomic E-state index is 0.0716. The highest BCUT2D eigenvalue weighted by atomic mass is 32.2. The van der Waals surface area contributed by atoms with Crippen molar-refractivity contribution in [3.8, 4) is 0 Å². The number of thiazole rings is 1. The van der Waals surface area contributed by atoms with Gasteiger partial charge < -0.3 is 0 Å². The molecule has 1 amide bonds. The summed E-state index contributed by atoms with van der Waals surface area (Å²) in [6.07, 6.45) is 3.32. The van der Waals surface area contributed by atoms with Gasteiger partial charge >= 0.3 is 0 Å². The minimum Gasteiger partial charge on any atom is -0.298 e. The predicted molar refractivity (Wildman–Crippen MR) is 94.1 cm³/mol. The lowest BCUT2D eigenvalue weighted by molar-refractivity contribution is 0.102. The first-order valence-corrected chi connectivity index (χ1v) is 9.48. The van der Waals surface area contributed by atoms with Gasteiger partial charge in [0.1, 0.15) is 0 Å². The number of hydrogen-bond donors (Lipinski definition) is 1. The summed E-state index contributed by atoms with van der Waals surface area (Å²) in [4.78, 5) is 19.4. The highest BCUT2D eigenvalue weighted by molar-refractivity contribution is 7.99. The van der Waals surface area contributed by atoms with E-state index in [1.54, 1.807) is 23.1 Å². The average molecular weight is 332 g/mol. The molecule has 0 radical (unpaired) electrons. The maximum Gasteiger partial charge on any atom is 0.257 e. The van der Waals surface area contributed by atoms with E-state index >= 15 is 0 Å². The molecule has 0 bridgehead atoms. The summed E-state index contributed by atoms with van der Waals surface area (Å²) in [7, 11) is 0. The molecule has 3 rings (SSSR count). The summed E-state index contributed by atoms with van der Waals surface area (Å²) in [5.41, 5.74) is 1.87. The van der Waals surface area contributed by atoms with Crippen LogP contribution in [-0.4, -0.2) is 16.6 Å². The lowest BCUT2D eigenvalue weighted by Gasteiger charge is -2.15. The predicted octanol–water partition coefficient (Wildman–Crippen LogP) is 4.63. The second kappa shape index (κ2) is 6.84. The summed E-state index contributed by atoms with van der Waals surface area (Å²) >= 11 is 3.37. The monoisotopic (exact) mass is 332 g/mol. The number of aromatic nitrogens is 1. The van der Waals surface area contributed by atoms with Crippen molar-refractivity contribution in [2.45, 2.75) is 38.0 Å². The molecule has 1 heterocycles. The normalized spacial score (nSPS) is 17.1. The second-order valence-electron chi connectivity index (χ2n) is 5.65. The molecule has 1 aliphatic carbocycles. The molecule has 1 aliphatic rings. The van der Waals surface area contributed by atoms with E-state index in [4.69, 9.17) is 0 Å². The Hall–Kier alpha value is -1.33. The van der Waals surface area contributed by atoms with Crippen LogP contribution in [0.1, 0.15) is 41.2 Å². The van der Waals surface area contributed by atoms with Gasteiger partial charge in [-0.25, -0.2) is 4.98 Å². The molecule has 0 spiro atoms. The fourth-order valence-corrected chi connectivity index (χ4v) is 4.54. The quantitative estimate of drug-likeness (QED) is 0.830. The van der Waals surface area contributed by atoms with Gasteiger partial charge in [-0.05, 0) is 49.1 Å². The number of rotatable bonds is 4. The van der Waals surface area contributed by atoms with Crippen LogP contribution in [0.5, 0.6) is 0 Å². The van der Waals surface area contributed by atoms with Gasteiger partial charge in [0.25, 0.3) is 5.91 Å². The molecular formula is C17H20N2OS2. The van der Waals surface area contributed by atoms with Crippen molar-refractivity contribution in [3.05, 3.63) is 40.4 Å². The van der Waals surface area contributed by atoms with Crippen molar-refractivity contribution in [1.82, 2.24) is 4.98 Å². The Bertz CT molecular complexity index is 681. The zero-order chi connectivity index (χ0) is 15.5. The highest BCUT2D eigenvalue weighted by Crippen LogP contribution is 2.32. The summed E-state index contributed by atoms with van der Waals surface area (Å²) < 4.78 is 0. The van der Waals surface area contributed by atoms with Crippen LogP contribution in [0.4, 0.5) is 5.13 Å². The molecule has 116 valence electrons. The van der Waals surface area contributed by atoms with E-state index in [-0.39, 0.29) is 5.91 Å². The van der Waals surface area contributed by atoms with Crippen molar-refractivity contribution < 1.29 is 4.79 Å². The Morgan fingerprint density at radius 3 is 3.18 bits per heavy atom. The van der Waals surface area contributed by atoms with Crippen molar-refractivity contribution in [2.75, 3.05) is 11.1 Å². The van der Waals surface area contributed by atoms with Crippen LogP contribution in [0.15, 0.2) is 29.2 Å². The number of aryl methyl sites for hydroxylation is 1. The standard InChI is InChI=1S/C17H20N2OS2/c1-3-21-13-6-4-5-12(10-13)16(20)19-17-18-14-8-7-11(2)9-15(14)22-17/h4-6,10-11H,3,7-9H2,1-2H3,(H,18,19,20)/t11-/m0/s1. The molecule has 0 unspecified atom stereocenters. The Kier molecular flexibility index (Phi) is 4.84. The molecular weight excluding hydrogens is 312 g/mol. The van der Waals surface area contributed by atoms with Gasteiger partial charge in [0.2, 0.25) is 0 Å². The van der Waals surface area contributed by atoms with Crippen molar-refractivity contribution in [1.29, 1.82) is 0 Å². The summed E-state index contributed by atoms with van der Waals surface area (Å²) in [6, 6.07) is 7.76.